The van der Waals surface area contributed by atoms with Gasteiger partial charge in [-0.3, -0.25) is 29.0 Å². The summed E-state index contributed by atoms with van der Waals surface area (Å²) >= 11 is 16.1. The molecule has 0 bridgehead atoms. The van der Waals surface area contributed by atoms with Gasteiger partial charge in [0.25, 0.3) is 11.8 Å². The Bertz CT molecular complexity index is 1220. The summed E-state index contributed by atoms with van der Waals surface area (Å²) in [6.45, 7) is 0. The molecule has 0 radical (unpaired) electrons. The number of rotatable bonds is 2. The van der Waals surface area contributed by atoms with E-state index in [4.69, 9.17) is 27.9 Å². The molecule has 2 saturated heterocycles. The van der Waals surface area contributed by atoms with Crippen molar-refractivity contribution < 1.29 is 29.0 Å². The lowest BCUT2D eigenvalue weighted by molar-refractivity contribution is -0.140. The summed E-state index contributed by atoms with van der Waals surface area (Å²) in [7, 11) is 4.20. The van der Waals surface area contributed by atoms with E-state index < -0.39 is 45.2 Å². The minimum Gasteiger partial charge on any atom is -0.504 e. The highest BCUT2D eigenvalue weighted by Crippen LogP contribution is 2.65. The van der Waals surface area contributed by atoms with Crippen LogP contribution in [0.2, 0.25) is 0 Å². The van der Waals surface area contributed by atoms with E-state index in [1.807, 2.05) is 28.7 Å². The number of benzene rings is 1. The van der Waals surface area contributed by atoms with Crippen molar-refractivity contribution >= 4 is 69.4 Å². The maximum absolute atomic E-state index is 13.5. The van der Waals surface area contributed by atoms with Crippen LogP contribution in [0, 0.1) is 21.3 Å². The third-order valence-corrected chi connectivity index (χ3v) is 10.1. The molecule has 5 rings (SSSR count). The minimum absolute atomic E-state index is 0.0460. The van der Waals surface area contributed by atoms with Crippen LogP contribution < -0.4 is 4.74 Å². The Labute approximate surface area is 219 Å². The van der Waals surface area contributed by atoms with Crippen LogP contribution in [0.1, 0.15) is 24.3 Å². The van der Waals surface area contributed by atoms with Crippen LogP contribution in [0.5, 0.6) is 11.5 Å². The van der Waals surface area contributed by atoms with Crippen LogP contribution in [0.15, 0.2) is 23.8 Å². The van der Waals surface area contributed by atoms with Crippen LogP contribution in [0.3, 0.4) is 0 Å². The molecule has 1 saturated carbocycles. The van der Waals surface area contributed by atoms with Gasteiger partial charge >= 0.3 is 0 Å². The van der Waals surface area contributed by atoms with Gasteiger partial charge in [0.1, 0.15) is 0 Å². The number of carbonyl (C=O) groups excluding carboxylic acids is 4. The van der Waals surface area contributed by atoms with Gasteiger partial charge in [0.05, 0.1) is 22.5 Å². The first kappa shape index (κ1) is 23.9. The number of hydrogen-bond acceptors (Lipinski definition) is 6. The molecule has 1 aromatic rings. The number of allylic oxidation sites excluding steroid dienone is 2. The highest BCUT2D eigenvalue weighted by molar-refractivity contribution is 14.1. The highest BCUT2D eigenvalue weighted by atomic mass is 127. The first-order chi connectivity index (χ1) is 15.9. The molecule has 0 spiro atoms. The summed E-state index contributed by atoms with van der Waals surface area (Å²) in [5.74, 6) is -4.43. The standard InChI is InChI=1S/C23H21Cl2IN2O6/c1-27-18(30)11-5-4-10-12(15(11)19(27)31)8-22(24)20(32)28(2)21(33)23(22,25)16(10)9-6-13(26)17(29)14(7-9)34-3/h4,6-7,11-12,15-16,29H,5,8H2,1-3H3. The molecule has 2 heterocycles. The summed E-state index contributed by atoms with van der Waals surface area (Å²) in [6.07, 6.45) is 2.13. The van der Waals surface area contributed by atoms with Crippen molar-refractivity contribution in [2.45, 2.75) is 28.5 Å². The van der Waals surface area contributed by atoms with E-state index in [-0.39, 0.29) is 29.7 Å². The quantitative estimate of drug-likeness (QED) is 0.237. The van der Waals surface area contributed by atoms with Gasteiger partial charge < -0.3 is 9.84 Å². The SMILES string of the molecule is COc1cc(C2C3=CCC4C(=O)N(C)C(=O)C4C3CC3(Cl)C(=O)N(C)C(=O)C23Cl)cc(I)c1O. The van der Waals surface area contributed by atoms with Gasteiger partial charge in [0, 0.05) is 20.0 Å². The second-order valence-corrected chi connectivity index (χ2v) is 11.7. The summed E-state index contributed by atoms with van der Waals surface area (Å²) in [5, 5.41) is 10.4. The van der Waals surface area contributed by atoms with E-state index in [1.54, 1.807) is 12.1 Å². The molecule has 4 amide bonds. The zero-order chi connectivity index (χ0) is 24.9. The summed E-state index contributed by atoms with van der Waals surface area (Å²) < 4.78 is 5.79. The van der Waals surface area contributed by atoms with Crippen molar-refractivity contribution in [3.8, 4) is 11.5 Å². The van der Waals surface area contributed by atoms with Crippen molar-refractivity contribution in [3.05, 3.63) is 32.9 Å². The fraction of sp³-hybridized carbons (Fsp3) is 0.478. The second-order valence-electron chi connectivity index (χ2n) is 9.29. The fourth-order valence-corrected chi connectivity index (χ4v) is 7.84. The highest BCUT2D eigenvalue weighted by Gasteiger charge is 2.75. The zero-order valence-corrected chi connectivity index (χ0v) is 22.1. The average molecular weight is 619 g/mol. The number of carbonyl (C=O) groups is 4. The Balaban J connectivity index is 1.78. The lowest BCUT2D eigenvalue weighted by Crippen LogP contribution is -2.60. The van der Waals surface area contributed by atoms with Gasteiger partial charge in [0.15, 0.2) is 21.2 Å². The maximum atomic E-state index is 13.5. The van der Waals surface area contributed by atoms with Gasteiger partial charge in [-0.05, 0) is 59.0 Å². The number of fused-ring (bicyclic) bond motifs is 4. The molecule has 1 N–H and O–H groups in total. The number of halogens is 3. The molecular weight excluding hydrogens is 598 g/mol. The second kappa shape index (κ2) is 7.57. The topological polar surface area (TPSA) is 104 Å². The normalized spacial score (nSPS) is 36.9. The van der Waals surface area contributed by atoms with Gasteiger partial charge in [-0.15, -0.1) is 23.2 Å². The van der Waals surface area contributed by atoms with Crippen molar-refractivity contribution in [1.82, 2.24) is 9.80 Å². The Hall–Kier alpha value is -1.85. The van der Waals surface area contributed by atoms with E-state index in [0.29, 0.717) is 21.1 Å². The number of phenolic OH excluding ortho intramolecular Hbond substituents is 1. The van der Waals surface area contributed by atoms with Crippen molar-refractivity contribution in [2.75, 3.05) is 21.2 Å². The van der Waals surface area contributed by atoms with Crippen molar-refractivity contribution in [1.29, 1.82) is 0 Å². The summed E-state index contributed by atoms with van der Waals surface area (Å²) in [5.41, 5.74) is 1.22. The van der Waals surface area contributed by atoms with Crippen LogP contribution in [0.25, 0.3) is 0 Å². The molecule has 8 nitrogen and oxygen atoms in total. The zero-order valence-electron chi connectivity index (χ0n) is 18.5. The first-order valence-electron chi connectivity index (χ1n) is 10.7. The molecule has 3 fully saturated rings. The third kappa shape index (κ3) is 2.71. The molecule has 2 aliphatic carbocycles. The molecule has 2 aliphatic heterocycles. The Morgan fingerprint density at radius 3 is 2.38 bits per heavy atom. The molecule has 180 valence electrons. The van der Waals surface area contributed by atoms with Crippen LogP contribution in [0.4, 0.5) is 0 Å². The van der Waals surface area contributed by atoms with Gasteiger partial charge in [-0.1, -0.05) is 11.6 Å². The molecule has 6 unspecified atom stereocenters. The fourth-order valence-electron chi connectivity index (χ4n) is 6.19. The minimum atomic E-state index is -1.86. The first-order valence-corrected chi connectivity index (χ1v) is 12.5. The van der Waals surface area contributed by atoms with E-state index in [2.05, 4.69) is 0 Å². The van der Waals surface area contributed by atoms with Crippen LogP contribution >= 0.6 is 45.8 Å². The Kier molecular flexibility index (Phi) is 5.32. The number of imide groups is 2. The number of hydrogen-bond donors (Lipinski definition) is 1. The Morgan fingerprint density at radius 2 is 1.74 bits per heavy atom. The predicted octanol–water partition coefficient (Wildman–Crippen LogP) is 2.62. The van der Waals surface area contributed by atoms with E-state index >= 15 is 0 Å². The van der Waals surface area contributed by atoms with E-state index in [0.717, 1.165) is 9.80 Å². The molecule has 1 aromatic carbocycles. The molecule has 34 heavy (non-hydrogen) atoms. The van der Waals surface area contributed by atoms with Gasteiger partial charge in [0.2, 0.25) is 11.8 Å². The third-order valence-electron chi connectivity index (χ3n) is 7.84. The smallest absolute Gasteiger partial charge is 0.253 e. The number of nitrogens with zero attached hydrogens (tertiary/aromatic N) is 2. The molecule has 0 aromatic heterocycles. The number of alkyl halides is 2. The number of methoxy groups -OCH3 is 1. The van der Waals surface area contributed by atoms with Gasteiger partial charge in [-0.2, -0.15) is 0 Å². The van der Waals surface area contributed by atoms with Crippen molar-refractivity contribution in [2.24, 2.45) is 17.8 Å². The lowest BCUT2D eigenvalue weighted by atomic mass is 9.56. The number of ether oxygens (including phenoxy) is 1. The van der Waals surface area contributed by atoms with E-state index in [9.17, 15) is 24.3 Å². The number of aromatic hydroxyl groups is 1. The van der Waals surface area contributed by atoms with Gasteiger partial charge in [-0.25, -0.2) is 0 Å². The lowest BCUT2D eigenvalue weighted by Gasteiger charge is -2.50. The predicted molar refractivity (Wildman–Crippen MR) is 131 cm³/mol. The molecule has 11 heteroatoms. The molecular formula is C23H21Cl2IN2O6. The van der Waals surface area contributed by atoms with E-state index in [1.165, 1.54) is 21.2 Å². The Morgan fingerprint density at radius 1 is 1.06 bits per heavy atom. The van der Waals surface area contributed by atoms with Crippen molar-refractivity contribution in [3.63, 3.8) is 0 Å². The number of amides is 4. The number of phenols is 1. The molecule has 4 aliphatic rings. The number of likely N-dealkylation sites (tertiary alicyclic amines) is 2. The largest absolute Gasteiger partial charge is 0.504 e. The van der Waals surface area contributed by atoms with Crippen LogP contribution in [-0.2, 0) is 19.2 Å². The summed E-state index contributed by atoms with van der Waals surface area (Å²) in [6, 6.07) is 3.24. The van der Waals surface area contributed by atoms with Crippen LogP contribution in [-0.4, -0.2) is 69.5 Å². The summed E-state index contributed by atoms with van der Waals surface area (Å²) in [4.78, 5) is 51.0. The average Bonchev–Trinajstić information content (AvgIpc) is 3.10. The maximum Gasteiger partial charge on any atom is 0.253 e. The molecule has 6 atom stereocenters. The monoisotopic (exact) mass is 618 g/mol.